The van der Waals surface area contributed by atoms with Crippen molar-refractivity contribution in [3.8, 4) is 0 Å². The number of carboxylic acid groups (broad SMARTS) is 2. The molecule has 1 rings (SSSR count). The largest absolute Gasteiger partial charge is 0.480 e. The molecule has 0 bridgehead atoms. The number of hydrogen-bond donors (Lipinski definition) is 5. The van der Waals surface area contributed by atoms with E-state index in [9.17, 15) is 19.2 Å². The van der Waals surface area contributed by atoms with E-state index in [1.54, 1.807) is 24.4 Å². The zero-order chi connectivity index (χ0) is 20.8. The molecule has 1 aromatic heterocycles. The van der Waals surface area contributed by atoms with Crippen LogP contribution in [0.5, 0.6) is 0 Å². The number of unbranched alkanes of at least 4 members (excludes halogenated alkanes) is 1. The van der Waals surface area contributed by atoms with Gasteiger partial charge in [-0.3, -0.25) is 19.2 Å². The van der Waals surface area contributed by atoms with E-state index in [4.69, 9.17) is 21.7 Å². The van der Waals surface area contributed by atoms with Gasteiger partial charge in [-0.05, 0) is 37.8 Å². The SMILES string of the molecule is CC(SC(=O)c1cccs1)C(=O)NCC(=O)O.NCCCC[C@H](N)C(=O)O. The predicted octanol–water partition coefficient (Wildman–Crippen LogP) is 0.738. The standard InChI is InChI=1S/C10H11NO4S2.C6H14N2O2/c1-6(9(14)11-5-8(12)13)17-10(15)7-3-2-4-16-7;7-4-2-1-3-5(8)6(9)10/h2-4,6H,5H2,1H3,(H,11,14)(H,12,13);5H,1-4,7-8H2,(H,9,10)/t;5-/m.0/s1. The van der Waals surface area contributed by atoms with Crippen molar-refractivity contribution in [2.75, 3.05) is 13.1 Å². The second kappa shape index (κ2) is 14.2. The molecule has 0 fully saturated rings. The zero-order valence-corrected chi connectivity index (χ0v) is 16.6. The smallest absolute Gasteiger partial charge is 0.322 e. The number of carbonyl (C=O) groups is 4. The maximum atomic E-state index is 11.6. The minimum atomic E-state index is -1.11. The van der Waals surface area contributed by atoms with Crippen LogP contribution >= 0.6 is 23.1 Å². The van der Waals surface area contributed by atoms with E-state index in [0.29, 0.717) is 17.8 Å². The van der Waals surface area contributed by atoms with Crippen LogP contribution in [0.1, 0.15) is 35.9 Å². The van der Waals surface area contributed by atoms with Crippen molar-refractivity contribution in [3.05, 3.63) is 22.4 Å². The summed E-state index contributed by atoms with van der Waals surface area (Å²) in [6.45, 7) is 1.73. The Bertz CT molecular complexity index is 609. The van der Waals surface area contributed by atoms with E-state index in [2.05, 4.69) is 5.32 Å². The molecular formula is C16H25N3O6S2. The van der Waals surface area contributed by atoms with Crippen LogP contribution in [-0.2, 0) is 14.4 Å². The highest BCUT2D eigenvalue weighted by Gasteiger charge is 2.19. The van der Waals surface area contributed by atoms with Gasteiger partial charge >= 0.3 is 11.9 Å². The molecule has 0 aliphatic carbocycles. The summed E-state index contributed by atoms with van der Waals surface area (Å²) in [6.07, 6.45) is 2.16. The van der Waals surface area contributed by atoms with Crippen molar-refractivity contribution in [1.82, 2.24) is 5.32 Å². The molecule has 0 aromatic carbocycles. The Balaban J connectivity index is 0.000000580. The highest BCUT2D eigenvalue weighted by Crippen LogP contribution is 2.21. The Morgan fingerprint density at radius 3 is 2.41 bits per heavy atom. The topological polar surface area (TPSA) is 173 Å². The predicted molar refractivity (Wildman–Crippen MR) is 105 cm³/mol. The van der Waals surface area contributed by atoms with Crippen molar-refractivity contribution in [1.29, 1.82) is 0 Å². The molecule has 1 aromatic rings. The number of nitrogens with two attached hydrogens (primary N) is 2. The van der Waals surface area contributed by atoms with Crippen LogP contribution in [0.15, 0.2) is 17.5 Å². The second-order valence-corrected chi connectivity index (χ2v) is 7.63. The molecule has 0 saturated carbocycles. The van der Waals surface area contributed by atoms with Gasteiger partial charge in [0, 0.05) is 0 Å². The number of carboxylic acids is 2. The number of aliphatic carboxylic acids is 2. The van der Waals surface area contributed by atoms with E-state index in [1.807, 2.05) is 0 Å². The van der Waals surface area contributed by atoms with E-state index < -0.39 is 35.7 Å². The number of nitrogens with one attached hydrogen (secondary N) is 1. The number of thioether (sulfide) groups is 1. The molecule has 9 nitrogen and oxygen atoms in total. The molecule has 152 valence electrons. The summed E-state index contributed by atoms with van der Waals surface area (Å²) in [5.41, 5.74) is 10.4. The Morgan fingerprint density at radius 1 is 1.26 bits per heavy atom. The third-order valence-electron chi connectivity index (χ3n) is 3.08. The van der Waals surface area contributed by atoms with Crippen molar-refractivity contribution < 1.29 is 29.4 Å². The Hall–Kier alpha value is -1.95. The van der Waals surface area contributed by atoms with Crippen LogP contribution in [0.3, 0.4) is 0 Å². The molecule has 0 aliphatic heterocycles. The molecule has 2 atom stereocenters. The highest BCUT2D eigenvalue weighted by atomic mass is 32.2. The van der Waals surface area contributed by atoms with Crippen LogP contribution in [0.2, 0.25) is 0 Å². The highest BCUT2D eigenvalue weighted by molar-refractivity contribution is 8.15. The van der Waals surface area contributed by atoms with E-state index in [-0.39, 0.29) is 5.12 Å². The van der Waals surface area contributed by atoms with Crippen LogP contribution < -0.4 is 16.8 Å². The Labute approximate surface area is 165 Å². The van der Waals surface area contributed by atoms with Gasteiger partial charge in [-0.25, -0.2) is 0 Å². The summed E-state index contributed by atoms with van der Waals surface area (Å²) in [7, 11) is 0. The van der Waals surface area contributed by atoms with Crippen LogP contribution in [-0.4, -0.2) is 57.6 Å². The molecule has 27 heavy (non-hydrogen) atoms. The molecule has 0 saturated heterocycles. The molecule has 0 spiro atoms. The molecular weight excluding hydrogens is 394 g/mol. The van der Waals surface area contributed by atoms with Gasteiger partial charge in [0.05, 0.1) is 10.1 Å². The third-order valence-corrected chi connectivity index (χ3v) is 5.08. The third kappa shape index (κ3) is 12.1. The molecule has 1 heterocycles. The summed E-state index contributed by atoms with van der Waals surface area (Å²) >= 11 is 2.19. The lowest BCUT2D eigenvalue weighted by atomic mass is 10.1. The van der Waals surface area contributed by atoms with Gasteiger partial charge in [-0.1, -0.05) is 24.2 Å². The fourth-order valence-electron chi connectivity index (χ4n) is 1.61. The molecule has 7 N–H and O–H groups in total. The van der Waals surface area contributed by atoms with E-state index >= 15 is 0 Å². The Kier molecular flexibility index (Phi) is 13.1. The average Bonchev–Trinajstić information content (AvgIpc) is 3.14. The number of amides is 1. The van der Waals surface area contributed by atoms with Gasteiger partial charge in [0.15, 0.2) is 0 Å². The van der Waals surface area contributed by atoms with Crippen LogP contribution in [0, 0.1) is 0 Å². The number of hydrogen-bond acceptors (Lipinski definition) is 8. The zero-order valence-electron chi connectivity index (χ0n) is 14.9. The maximum Gasteiger partial charge on any atom is 0.322 e. The summed E-state index contributed by atoms with van der Waals surface area (Å²) < 4.78 is 0. The van der Waals surface area contributed by atoms with Gasteiger partial charge in [-0.2, -0.15) is 0 Å². The summed E-state index contributed by atoms with van der Waals surface area (Å²) in [4.78, 5) is 44.0. The first kappa shape index (κ1) is 25.1. The molecule has 1 amide bonds. The number of carbonyl (C=O) groups excluding carboxylic acids is 2. The van der Waals surface area contributed by atoms with Crippen molar-refractivity contribution in [2.45, 2.75) is 37.5 Å². The summed E-state index contributed by atoms with van der Waals surface area (Å²) in [5, 5.41) is 19.9. The quantitative estimate of drug-likeness (QED) is 0.343. The minimum absolute atomic E-state index is 0.182. The fraction of sp³-hybridized carbons (Fsp3) is 0.500. The molecule has 0 radical (unpaired) electrons. The van der Waals surface area contributed by atoms with Crippen molar-refractivity contribution >= 4 is 46.1 Å². The normalized spacial score (nSPS) is 12.3. The summed E-state index contributed by atoms with van der Waals surface area (Å²) in [5.74, 6) is -2.50. The molecule has 0 aliphatic rings. The number of rotatable bonds is 10. The van der Waals surface area contributed by atoms with Gasteiger partial charge in [0.1, 0.15) is 12.6 Å². The first-order chi connectivity index (χ1) is 12.7. The van der Waals surface area contributed by atoms with E-state index in [1.165, 1.54) is 11.3 Å². The minimum Gasteiger partial charge on any atom is -0.480 e. The molecule has 1 unspecified atom stereocenters. The maximum absolute atomic E-state index is 11.6. The van der Waals surface area contributed by atoms with Gasteiger partial charge in [0.25, 0.3) is 0 Å². The van der Waals surface area contributed by atoms with Crippen LogP contribution in [0.4, 0.5) is 0 Å². The van der Waals surface area contributed by atoms with Gasteiger partial charge in [0.2, 0.25) is 11.0 Å². The van der Waals surface area contributed by atoms with Crippen molar-refractivity contribution in [2.24, 2.45) is 11.5 Å². The second-order valence-electron chi connectivity index (χ2n) is 5.37. The van der Waals surface area contributed by atoms with E-state index in [0.717, 1.165) is 24.6 Å². The fourth-order valence-corrected chi connectivity index (χ4v) is 3.15. The first-order valence-electron chi connectivity index (χ1n) is 8.11. The van der Waals surface area contributed by atoms with Gasteiger partial charge < -0.3 is 27.0 Å². The lowest BCUT2D eigenvalue weighted by Gasteiger charge is -2.08. The lowest BCUT2D eigenvalue weighted by molar-refractivity contribution is -0.139. The van der Waals surface area contributed by atoms with Crippen LogP contribution in [0.25, 0.3) is 0 Å². The van der Waals surface area contributed by atoms with Gasteiger partial charge in [-0.15, -0.1) is 11.3 Å². The number of thiophene rings is 1. The Morgan fingerprint density at radius 2 is 1.93 bits per heavy atom. The average molecular weight is 420 g/mol. The molecule has 11 heteroatoms. The first-order valence-corrected chi connectivity index (χ1v) is 9.87. The summed E-state index contributed by atoms with van der Waals surface area (Å²) in [6, 6.07) is 2.72. The lowest BCUT2D eigenvalue weighted by Crippen LogP contribution is -2.35. The van der Waals surface area contributed by atoms with Crippen molar-refractivity contribution in [3.63, 3.8) is 0 Å². The monoisotopic (exact) mass is 419 g/mol.